The summed E-state index contributed by atoms with van der Waals surface area (Å²) in [6, 6.07) is 13.6. The standard InChI is InChI=1S/C16H16FNO2/c1-20-16(19)15-5-3-2-4-13(15)11-18-10-12-6-8-14(17)9-7-12/h2-9,18H,10-11H2,1H3. The van der Waals surface area contributed by atoms with Crippen LogP contribution in [-0.2, 0) is 17.8 Å². The average Bonchev–Trinajstić information content (AvgIpc) is 2.49. The van der Waals surface area contributed by atoms with E-state index in [0.717, 1.165) is 11.1 Å². The van der Waals surface area contributed by atoms with E-state index in [9.17, 15) is 9.18 Å². The van der Waals surface area contributed by atoms with Gasteiger partial charge in [0.25, 0.3) is 0 Å². The Kier molecular flexibility index (Phi) is 4.85. The Bertz CT molecular complexity index is 581. The summed E-state index contributed by atoms with van der Waals surface area (Å²) < 4.78 is 17.5. The normalized spacial score (nSPS) is 10.3. The minimum Gasteiger partial charge on any atom is -0.465 e. The molecule has 0 atom stereocenters. The van der Waals surface area contributed by atoms with Crippen LogP contribution in [0.2, 0.25) is 0 Å². The van der Waals surface area contributed by atoms with Gasteiger partial charge in [0.2, 0.25) is 0 Å². The lowest BCUT2D eigenvalue weighted by atomic mass is 10.1. The molecule has 20 heavy (non-hydrogen) atoms. The van der Waals surface area contributed by atoms with Gasteiger partial charge in [0.1, 0.15) is 5.82 Å². The molecule has 0 spiro atoms. The molecule has 2 aromatic rings. The Balaban J connectivity index is 1.97. The predicted molar refractivity (Wildman–Crippen MR) is 74.7 cm³/mol. The first-order chi connectivity index (χ1) is 9.70. The van der Waals surface area contributed by atoms with Crippen LogP contribution in [0.4, 0.5) is 4.39 Å². The van der Waals surface area contributed by atoms with E-state index in [1.165, 1.54) is 19.2 Å². The highest BCUT2D eigenvalue weighted by Gasteiger charge is 2.10. The molecule has 0 fully saturated rings. The van der Waals surface area contributed by atoms with Crippen molar-refractivity contribution in [1.82, 2.24) is 5.32 Å². The Morgan fingerprint density at radius 3 is 2.50 bits per heavy atom. The van der Waals surface area contributed by atoms with E-state index in [0.29, 0.717) is 18.7 Å². The number of ether oxygens (including phenoxy) is 1. The van der Waals surface area contributed by atoms with Gasteiger partial charge in [-0.05, 0) is 29.3 Å². The van der Waals surface area contributed by atoms with E-state index < -0.39 is 0 Å². The van der Waals surface area contributed by atoms with E-state index >= 15 is 0 Å². The molecule has 2 aromatic carbocycles. The van der Waals surface area contributed by atoms with Gasteiger partial charge in [-0.15, -0.1) is 0 Å². The molecule has 0 unspecified atom stereocenters. The maximum absolute atomic E-state index is 12.8. The van der Waals surface area contributed by atoms with Gasteiger partial charge >= 0.3 is 5.97 Å². The molecule has 4 heteroatoms. The van der Waals surface area contributed by atoms with Gasteiger partial charge in [-0.3, -0.25) is 0 Å². The fourth-order valence-electron chi connectivity index (χ4n) is 1.93. The molecule has 0 aliphatic carbocycles. The van der Waals surface area contributed by atoms with Gasteiger partial charge in [0.05, 0.1) is 12.7 Å². The molecule has 0 saturated heterocycles. The number of esters is 1. The van der Waals surface area contributed by atoms with Crippen molar-refractivity contribution in [3.63, 3.8) is 0 Å². The Hall–Kier alpha value is -2.20. The average molecular weight is 273 g/mol. The molecule has 0 heterocycles. The first-order valence-electron chi connectivity index (χ1n) is 6.32. The lowest BCUT2D eigenvalue weighted by molar-refractivity contribution is 0.0599. The van der Waals surface area contributed by atoms with Crippen molar-refractivity contribution in [3.8, 4) is 0 Å². The van der Waals surface area contributed by atoms with Crippen LogP contribution < -0.4 is 5.32 Å². The molecule has 0 aromatic heterocycles. The Morgan fingerprint density at radius 1 is 1.10 bits per heavy atom. The van der Waals surface area contributed by atoms with Gasteiger partial charge in [-0.1, -0.05) is 30.3 Å². The number of hydrogen-bond donors (Lipinski definition) is 1. The molecule has 104 valence electrons. The van der Waals surface area contributed by atoms with Crippen LogP contribution in [0, 0.1) is 5.82 Å². The van der Waals surface area contributed by atoms with Crippen LogP contribution in [0.1, 0.15) is 21.5 Å². The number of carbonyl (C=O) groups excluding carboxylic acids is 1. The molecule has 0 bridgehead atoms. The Morgan fingerprint density at radius 2 is 1.80 bits per heavy atom. The van der Waals surface area contributed by atoms with Crippen molar-refractivity contribution in [2.24, 2.45) is 0 Å². The topological polar surface area (TPSA) is 38.3 Å². The summed E-state index contributed by atoms with van der Waals surface area (Å²) in [7, 11) is 1.37. The lowest BCUT2D eigenvalue weighted by Crippen LogP contribution is -2.16. The van der Waals surface area contributed by atoms with E-state index in [4.69, 9.17) is 4.74 Å². The second-order valence-corrected chi connectivity index (χ2v) is 4.38. The van der Waals surface area contributed by atoms with Crippen molar-refractivity contribution in [3.05, 3.63) is 71.0 Å². The molecule has 1 N–H and O–H groups in total. The predicted octanol–water partition coefficient (Wildman–Crippen LogP) is 2.90. The van der Waals surface area contributed by atoms with E-state index in [-0.39, 0.29) is 11.8 Å². The fourth-order valence-corrected chi connectivity index (χ4v) is 1.93. The van der Waals surface area contributed by atoms with Gasteiger partial charge in [0, 0.05) is 13.1 Å². The zero-order valence-corrected chi connectivity index (χ0v) is 11.2. The van der Waals surface area contributed by atoms with E-state index in [1.807, 2.05) is 12.1 Å². The number of methoxy groups -OCH3 is 1. The number of carbonyl (C=O) groups is 1. The van der Waals surface area contributed by atoms with Crippen LogP contribution in [0.25, 0.3) is 0 Å². The lowest BCUT2D eigenvalue weighted by Gasteiger charge is -2.09. The summed E-state index contributed by atoms with van der Waals surface area (Å²) >= 11 is 0. The third-order valence-electron chi connectivity index (χ3n) is 2.98. The number of benzene rings is 2. The maximum Gasteiger partial charge on any atom is 0.338 e. The highest BCUT2D eigenvalue weighted by atomic mass is 19.1. The van der Waals surface area contributed by atoms with Crippen LogP contribution in [0.15, 0.2) is 48.5 Å². The fraction of sp³-hybridized carbons (Fsp3) is 0.188. The third kappa shape index (κ3) is 3.65. The molecular weight excluding hydrogens is 257 g/mol. The molecule has 0 radical (unpaired) electrons. The minimum absolute atomic E-state index is 0.246. The molecule has 2 rings (SSSR count). The zero-order valence-electron chi connectivity index (χ0n) is 11.2. The van der Waals surface area contributed by atoms with Crippen LogP contribution in [-0.4, -0.2) is 13.1 Å². The number of rotatable bonds is 5. The molecule has 0 aliphatic heterocycles. The monoisotopic (exact) mass is 273 g/mol. The number of hydrogen-bond acceptors (Lipinski definition) is 3. The minimum atomic E-state index is -0.343. The Labute approximate surface area is 117 Å². The summed E-state index contributed by atoms with van der Waals surface area (Å²) in [4.78, 5) is 11.6. The van der Waals surface area contributed by atoms with Gasteiger partial charge in [-0.2, -0.15) is 0 Å². The number of nitrogens with one attached hydrogen (secondary N) is 1. The molecule has 3 nitrogen and oxygen atoms in total. The van der Waals surface area contributed by atoms with Crippen molar-refractivity contribution < 1.29 is 13.9 Å². The van der Waals surface area contributed by atoms with Crippen LogP contribution in [0.5, 0.6) is 0 Å². The van der Waals surface area contributed by atoms with Crippen molar-refractivity contribution in [1.29, 1.82) is 0 Å². The summed E-state index contributed by atoms with van der Waals surface area (Å²) in [6.07, 6.45) is 0. The number of halogens is 1. The van der Waals surface area contributed by atoms with Gasteiger partial charge in [0.15, 0.2) is 0 Å². The highest BCUT2D eigenvalue weighted by molar-refractivity contribution is 5.90. The van der Waals surface area contributed by atoms with Gasteiger partial charge in [-0.25, -0.2) is 9.18 Å². The smallest absolute Gasteiger partial charge is 0.338 e. The summed E-state index contributed by atoms with van der Waals surface area (Å²) in [5.74, 6) is -0.589. The van der Waals surface area contributed by atoms with Crippen molar-refractivity contribution in [2.45, 2.75) is 13.1 Å². The first kappa shape index (κ1) is 14.2. The second kappa shape index (κ2) is 6.82. The summed E-state index contributed by atoms with van der Waals surface area (Å²) in [6.45, 7) is 1.15. The van der Waals surface area contributed by atoms with Crippen molar-refractivity contribution >= 4 is 5.97 Å². The molecule has 0 aliphatic rings. The third-order valence-corrected chi connectivity index (χ3v) is 2.98. The quantitative estimate of drug-likeness (QED) is 0.851. The second-order valence-electron chi connectivity index (χ2n) is 4.38. The first-order valence-corrected chi connectivity index (χ1v) is 6.32. The molecule has 0 amide bonds. The zero-order chi connectivity index (χ0) is 14.4. The maximum atomic E-state index is 12.8. The SMILES string of the molecule is COC(=O)c1ccccc1CNCc1ccc(F)cc1. The van der Waals surface area contributed by atoms with Crippen LogP contribution >= 0.6 is 0 Å². The largest absolute Gasteiger partial charge is 0.465 e. The molecular formula is C16H16FNO2. The highest BCUT2D eigenvalue weighted by Crippen LogP contribution is 2.10. The molecule has 0 saturated carbocycles. The van der Waals surface area contributed by atoms with E-state index in [1.54, 1.807) is 24.3 Å². The summed E-state index contributed by atoms with van der Waals surface area (Å²) in [5, 5.41) is 3.23. The van der Waals surface area contributed by atoms with Crippen LogP contribution in [0.3, 0.4) is 0 Å². The van der Waals surface area contributed by atoms with Crippen molar-refractivity contribution in [2.75, 3.05) is 7.11 Å². The summed E-state index contributed by atoms with van der Waals surface area (Å²) in [5.41, 5.74) is 2.42. The van der Waals surface area contributed by atoms with Gasteiger partial charge < -0.3 is 10.1 Å². The van der Waals surface area contributed by atoms with E-state index in [2.05, 4.69) is 5.32 Å².